The lowest BCUT2D eigenvalue weighted by molar-refractivity contribution is 0.429. The summed E-state index contributed by atoms with van der Waals surface area (Å²) in [6.45, 7) is 4.10. The molecule has 1 unspecified atom stereocenters. The Labute approximate surface area is 117 Å². The molecule has 0 saturated heterocycles. The molecule has 100 valence electrons. The number of rotatable bonds is 8. The molecule has 0 radical (unpaired) electrons. The maximum Gasteiger partial charge on any atom is 0.193 e. The average molecular weight is 286 g/mol. The molecule has 2 aromatic rings. The van der Waals surface area contributed by atoms with Gasteiger partial charge in [-0.15, -0.1) is 22.9 Å². The number of aromatic nitrogens is 2. The van der Waals surface area contributed by atoms with E-state index in [4.69, 9.17) is 11.6 Å². The average Bonchev–Trinajstić information content (AvgIpc) is 2.90. The molecule has 0 aliphatic carbocycles. The standard InChI is InChI=1S/C13H20ClN3S/c1-2-3-11(4-5-14)8-15-9-12-10-17-6-7-18-13(17)16-12/h6-7,10-11,15H,2-5,8-9H2,1H3. The van der Waals surface area contributed by atoms with Crippen LogP contribution in [0.1, 0.15) is 31.9 Å². The minimum absolute atomic E-state index is 0.691. The van der Waals surface area contributed by atoms with Crippen molar-refractivity contribution in [2.75, 3.05) is 12.4 Å². The molecule has 0 spiro atoms. The van der Waals surface area contributed by atoms with E-state index < -0.39 is 0 Å². The van der Waals surface area contributed by atoms with Crippen LogP contribution in [0.5, 0.6) is 0 Å². The van der Waals surface area contributed by atoms with Gasteiger partial charge >= 0.3 is 0 Å². The number of nitrogens with one attached hydrogen (secondary N) is 1. The fourth-order valence-electron chi connectivity index (χ4n) is 2.18. The van der Waals surface area contributed by atoms with Crippen LogP contribution < -0.4 is 5.32 Å². The van der Waals surface area contributed by atoms with E-state index in [-0.39, 0.29) is 0 Å². The van der Waals surface area contributed by atoms with Gasteiger partial charge < -0.3 is 5.32 Å². The van der Waals surface area contributed by atoms with E-state index in [0.29, 0.717) is 5.92 Å². The summed E-state index contributed by atoms with van der Waals surface area (Å²) in [6.07, 6.45) is 7.71. The molecule has 0 amide bonds. The van der Waals surface area contributed by atoms with Crippen molar-refractivity contribution in [3.8, 4) is 0 Å². The molecule has 0 aliphatic rings. The zero-order valence-corrected chi connectivity index (χ0v) is 12.3. The van der Waals surface area contributed by atoms with E-state index >= 15 is 0 Å². The number of thiazole rings is 1. The van der Waals surface area contributed by atoms with E-state index in [0.717, 1.165) is 36.0 Å². The number of halogens is 1. The van der Waals surface area contributed by atoms with Gasteiger partial charge in [-0.1, -0.05) is 13.3 Å². The molecule has 2 aromatic heterocycles. The van der Waals surface area contributed by atoms with Crippen LogP contribution in [0.4, 0.5) is 0 Å². The molecule has 1 atom stereocenters. The van der Waals surface area contributed by atoms with E-state index in [9.17, 15) is 0 Å². The summed E-state index contributed by atoms with van der Waals surface area (Å²) in [5, 5.41) is 5.55. The lowest BCUT2D eigenvalue weighted by atomic mass is 10.0. The first-order chi connectivity index (χ1) is 8.83. The smallest absolute Gasteiger partial charge is 0.193 e. The fraction of sp³-hybridized carbons (Fsp3) is 0.615. The Bertz CT molecular complexity index is 431. The number of fused-ring (bicyclic) bond motifs is 1. The Hall–Kier alpha value is -0.580. The Morgan fingerprint density at radius 1 is 1.50 bits per heavy atom. The molecule has 0 aromatic carbocycles. The van der Waals surface area contributed by atoms with Crippen molar-refractivity contribution in [1.82, 2.24) is 14.7 Å². The molecular weight excluding hydrogens is 266 g/mol. The van der Waals surface area contributed by atoms with Gasteiger partial charge in [0.15, 0.2) is 4.96 Å². The first-order valence-electron chi connectivity index (χ1n) is 6.51. The minimum Gasteiger partial charge on any atom is -0.311 e. The summed E-state index contributed by atoms with van der Waals surface area (Å²) in [4.78, 5) is 5.62. The van der Waals surface area contributed by atoms with E-state index in [1.165, 1.54) is 12.8 Å². The molecule has 18 heavy (non-hydrogen) atoms. The number of imidazole rings is 1. The van der Waals surface area contributed by atoms with Gasteiger partial charge in [0.05, 0.1) is 5.69 Å². The van der Waals surface area contributed by atoms with Crippen LogP contribution in [0.15, 0.2) is 17.8 Å². The molecule has 0 saturated carbocycles. The Balaban J connectivity index is 1.78. The van der Waals surface area contributed by atoms with E-state index in [2.05, 4.69) is 33.2 Å². The number of hydrogen-bond donors (Lipinski definition) is 1. The van der Waals surface area contributed by atoms with Crippen molar-refractivity contribution in [2.45, 2.75) is 32.7 Å². The number of nitrogens with zero attached hydrogens (tertiary/aromatic N) is 2. The lowest BCUT2D eigenvalue weighted by Crippen LogP contribution is -2.23. The fourth-order valence-corrected chi connectivity index (χ4v) is 3.20. The van der Waals surface area contributed by atoms with Crippen LogP contribution in [0, 0.1) is 5.92 Å². The predicted molar refractivity (Wildman–Crippen MR) is 78.5 cm³/mol. The maximum absolute atomic E-state index is 5.82. The third-order valence-corrected chi connectivity index (χ3v) is 4.09. The number of hydrogen-bond acceptors (Lipinski definition) is 3. The molecular formula is C13H20ClN3S. The summed E-state index contributed by atoms with van der Waals surface area (Å²) >= 11 is 7.50. The minimum atomic E-state index is 0.691. The third-order valence-electron chi connectivity index (χ3n) is 3.10. The molecule has 0 bridgehead atoms. The highest BCUT2D eigenvalue weighted by atomic mass is 35.5. The highest BCUT2D eigenvalue weighted by molar-refractivity contribution is 7.15. The monoisotopic (exact) mass is 285 g/mol. The summed E-state index contributed by atoms with van der Waals surface area (Å²) in [7, 11) is 0. The second kappa shape index (κ2) is 7.12. The Morgan fingerprint density at radius 3 is 3.11 bits per heavy atom. The largest absolute Gasteiger partial charge is 0.311 e. The molecule has 2 rings (SSSR count). The highest BCUT2D eigenvalue weighted by Crippen LogP contribution is 2.13. The molecule has 5 heteroatoms. The van der Waals surface area contributed by atoms with Crippen LogP contribution in [0.25, 0.3) is 4.96 Å². The van der Waals surface area contributed by atoms with Crippen LogP contribution in [0.3, 0.4) is 0 Å². The molecule has 3 nitrogen and oxygen atoms in total. The van der Waals surface area contributed by atoms with Crippen molar-refractivity contribution in [3.05, 3.63) is 23.5 Å². The van der Waals surface area contributed by atoms with Gasteiger partial charge in [-0.05, 0) is 25.3 Å². The van der Waals surface area contributed by atoms with Gasteiger partial charge in [0.2, 0.25) is 0 Å². The zero-order chi connectivity index (χ0) is 12.8. The topological polar surface area (TPSA) is 29.3 Å². The Kier molecular flexibility index (Phi) is 5.47. The molecule has 1 N–H and O–H groups in total. The lowest BCUT2D eigenvalue weighted by Gasteiger charge is -2.14. The van der Waals surface area contributed by atoms with Crippen LogP contribution in [-0.4, -0.2) is 21.8 Å². The maximum atomic E-state index is 5.82. The second-order valence-corrected chi connectivity index (χ2v) is 5.84. The normalized spacial score (nSPS) is 13.2. The van der Waals surface area contributed by atoms with Crippen molar-refractivity contribution in [2.24, 2.45) is 5.92 Å². The van der Waals surface area contributed by atoms with Gasteiger partial charge in [0.25, 0.3) is 0 Å². The van der Waals surface area contributed by atoms with Crippen LogP contribution in [-0.2, 0) is 6.54 Å². The third kappa shape index (κ3) is 3.70. The summed E-state index contributed by atoms with van der Waals surface area (Å²) in [6, 6.07) is 0. The number of alkyl halides is 1. The van der Waals surface area contributed by atoms with Crippen molar-refractivity contribution >= 4 is 27.9 Å². The van der Waals surface area contributed by atoms with Gasteiger partial charge in [-0.2, -0.15) is 0 Å². The van der Waals surface area contributed by atoms with Gasteiger partial charge in [-0.3, -0.25) is 4.40 Å². The molecule has 0 aliphatic heterocycles. The van der Waals surface area contributed by atoms with Gasteiger partial charge in [-0.25, -0.2) is 4.98 Å². The van der Waals surface area contributed by atoms with E-state index in [1.807, 2.05) is 6.20 Å². The van der Waals surface area contributed by atoms with Gasteiger partial charge in [0.1, 0.15) is 0 Å². The summed E-state index contributed by atoms with van der Waals surface area (Å²) < 4.78 is 2.07. The first-order valence-corrected chi connectivity index (χ1v) is 7.92. The van der Waals surface area contributed by atoms with Crippen molar-refractivity contribution in [3.63, 3.8) is 0 Å². The molecule has 0 fully saturated rings. The quantitative estimate of drug-likeness (QED) is 0.752. The second-order valence-electron chi connectivity index (χ2n) is 4.59. The van der Waals surface area contributed by atoms with E-state index in [1.54, 1.807) is 11.3 Å². The highest BCUT2D eigenvalue weighted by Gasteiger charge is 2.07. The summed E-state index contributed by atoms with van der Waals surface area (Å²) in [5.41, 5.74) is 1.11. The van der Waals surface area contributed by atoms with Crippen molar-refractivity contribution in [1.29, 1.82) is 0 Å². The first kappa shape index (κ1) is 13.8. The zero-order valence-electron chi connectivity index (χ0n) is 10.7. The Morgan fingerprint density at radius 2 is 2.39 bits per heavy atom. The predicted octanol–water partition coefficient (Wildman–Crippen LogP) is 3.53. The summed E-state index contributed by atoms with van der Waals surface area (Å²) in [5.74, 6) is 1.45. The molecule has 2 heterocycles. The van der Waals surface area contributed by atoms with Crippen molar-refractivity contribution < 1.29 is 0 Å². The SMILES string of the molecule is CCCC(CCCl)CNCc1cn2ccsc2n1. The van der Waals surface area contributed by atoms with Crippen LogP contribution >= 0.6 is 22.9 Å². The van der Waals surface area contributed by atoms with Gasteiger partial charge in [0, 0.05) is 30.2 Å². The van der Waals surface area contributed by atoms with Crippen LogP contribution in [0.2, 0.25) is 0 Å².